The summed E-state index contributed by atoms with van der Waals surface area (Å²) in [5.41, 5.74) is 1.34. The van der Waals surface area contributed by atoms with Crippen LogP contribution in [0.25, 0.3) is 0 Å². The number of aliphatic carboxylic acids is 1. The standard InChI is InChI=1S/C14H20N2O2S.C2HF3O2/c1-15(2)14(17)11-8-16(7-10-4-6-19-9-10)12-3-5-18-13(11)12;3-2(4,5)1(6)7/h4,6,9,11-13H,3,5,7-8H2,1-2H3;(H,6,7)/t11-,12+,13+;/m0./s1. The van der Waals surface area contributed by atoms with E-state index in [4.69, 9.17) is 14.6 Å². The van der Waals surface area contributed by atoms with Gasteiger partial charge < -0.3 is 14.7 Å². The molecule has 0 saturated carbocycles. The lowest BCUT2D eigenvalue weighted by Crippen LogP contribution is -2.37. The van der Waals surface area contributed by atoms with Crippen LogP contribution in [-0.2, 0) is 20.9 Å². The van der Waals surface area contributed by atoms with Crippen LogP contribution < -0.4 is 0 Å². The number of carbonyl (C=O) groups excluding carboxylic acids is 1. The molecule has 3 heterocycles. The summed E-state index contributed by atoms with van der Waals surface area (Å²) >= 11 is 1.73. The molecule has 2 saturated heterocycles. The van der Waals surface area contributed by atoms with E-state index in [9.17, 15) is 18.0 Å². The Labute approximate surface area is 153 Å². The van der Waals surface area contributed by atoms with E-state index >= 15 is 0 Å². The molecule has 0 aromatic carbocycles. The molecular weight excluding hydrogens is 373 g/mol. The molecule has 1 aromatic heterocycles. The van der Waals surface area contributed by atoms with Gasteiger partial charge in [0.2, 0.25) is 5.91 Å². The number of carbonyl (C=O) groups is 2. The highest BCUT2D eigenvalue weighted by molar-refractivity contribution is 7.07. The molecule has 1 amide bonds. The lowest BCUT2D eigenvalue weighted by molar-refractivity contribution is -0.192. The second kappa shape index (κ2) is 8.36. The van der Waals surface area contributed by atoms with Crippen molar-refractivity contribution in [3.05, 3.63) is 22.4 Å². The van der Waals surface area contributed by atoms with Crippen LogP contribution in [0.5, 0.6) is 0 Å². The molecule has 3 atom stereocenters. The van der Waals surface area contributed by atoms with Gasteiger partial charge in [-0.05, 0) is 28.8 Å². The Morgan fingerprint density at radius 1 is 1.42 bits per heavy atom. The van der Waals surface area contributed by atoms with Crippen molar-refractivity contribution in [2.45, 2.75) is 31.3 Å². The first kappa shape index (κ1) is 20.7. The van der Waals surface area contributed by atoms with Crippen LogP contribution in [0, 0.1) is 5.92 Å². The number of carboxylic acid groups (broad SMARTS) is 1. The van der Waals surface area contributed by atoms with E-state index in [1.807, 2.05) is 14.1 Å². The first-order chi connectivity index (χ1) is 12.1. The molecule has 1 N–H and O–H groups in total. The average Bonchev–Trinajstić information content (AvgIpc) is 3.25. The van der Waals surface area contributed by atoms with Crippen LogP contribution in [0.3, 0.4) is 0 Å². The summed E-state index contributed by atoms with van der Waals surface area (Å²) < 4.78 is 37.6. The van der Waals surface area contributed by atoms with E-state index < -0.39 is 12.1 Å². The number of alkyl halides is 3. The van der Waals surface area contributed by atoms with Crippen LogP contribution in [0.2, 0.25) is 0 Å². The van der Waals surface area contributed by atoms with Crippen molar-refractivity contribution >= 4 is 23.2 Å². The monoisotopic (exact) mass is 394 g/mol. The summed E-state index contributed by atoms with van der Waals surface area (Å²) in [6, 6.07) is 2.57. The molecule has 0 bridgehead atoms. The third-order valence-corrected chi connectivity index (χ3v) is 5.10. The van der Waals surface area contributed by atoms with Crippen molar-refractivity contribution in [1.29, 1.82) is 0 Å². The first-order valence-corrected chi connectivity index (χ1v) is 8.93. The maximum atomic E-state index is 12.3. The summed E-state index contributed by atoms with van der Waals surface area (Å²) in [7, 11) is 3.65. The fourth-order valence-corrected chi connectivity index (χ4v) is 3.88. The predicted molar refractivity (Wildman–Crippen MR) is 88.7 cm³/mol. The van der Waals surface area contributed by atoms with Crippen molar-refractivity contribution in [1.82, 2.24) is 9.80 Å². The van der Waals surface area contributed by atoms with Crippen LogP contribution in [-0.4, -0.2) is 72.4 Å². The number of fused-ring (bicyclic) bond motifs is 1. The lowest BCUT2D eigenvalue weighted by Gasteiger charge is -2.21. The molecule has 0 radical (unpaired) electrons. The van der Waals surface area contributed by atoms with Gasteiger partial charge in [-0.25, -0.2) is 4.79 Å². The number of amides is 1. The fraction of sp³-hybridized carbons (Fsp3) is 0.625. The Hall–Kier alpha value is -1.65. The normalized spacial score (nSPS) is 25.3. The van der Waals surface area contributed by atoms with Crippen molar-refractivity contribution in [2.24, 2.45) is 5.92 Å². The number of hydrogen-bond donors (Lipinski definition) is 1. The topological polar surface area (TPSA) is 70.1 Å². The van der Waals surface area contributed by atoms with Crippen molar-refractivity contribution < 1.29 is 32.6 Å². The average molecular weight is 394 g/mol. The SMILES string of the molecule is CN(C)C(=O)[C@H]1CN(Cc2ccsc2)[C@@H]2CCO[C@H]12.O=C(O)C(F)(F)F. The summed E-state index contributed by atoms with van der Waals surface area (Å²) in [6.45, 7) is 2.54. The molecule has 2 aliphatic rings. The zero-order valence-corrected chi connectivity index (χ0v) is 15.2. The summed E-state index contributed by atoms with van der Waals surface area (Å²) in [4.78, 5) is 25.3. The van der Waals surface area contributed by atoms with Gasteiger partial charge in [0.15, 0.2) is 0 Å². The van der Waals surface area contributed by atoms with Gasteiger partial charge in [0.05, 0.1) is 12.0 Å². The van der Waals surface area contributed by atoms with Gasteiger partial charge in [-0.1, -0.05) is 0 Å². The van der Waals surface area contributed by atoms with Crippen LogP contribution >= 0.6 is 11.3 Å². The van der Waals surface area contributed by atoms with Crippen LogP contribution in [0.15, 0.2) is 16.8 Å². The van der Waals surface area contributed by atoms with E-state index in [2.05, 4.69) is 21.7 Å². The quantitative estimate of drug-likeness (QED) is 0.850. The predicted octanol–water partition coefficient (Wildman–Crippen LogP) is 2.06. The van der Waals surface area contributed by atoms with Gasteiger partial charge in [-0.3, -0.25) is 9.69 Å². The van der Waals surface area contributed by atoms with E-state index in [0.29, 0.717) is 6.04 Å². The molecule has 0 spiro atoms. The molecule has 0 aliphatic carbocycles. The number of likely N-dealkylation sites (tertiary alicyclic amines) is 1. The molecule has 3 rings (SSSR count). The molecule has 1 aromatic rings. The molecule has 26 heavy (non-hydrogen) atoms. The second-order valence-corrected chi connectivity index (χ2v) is 7.17. The molecule has 6 nitrogen and oxygen atoms in total. The number of ether oxygens (including phenoxy) is 1. The molecule has 0 unspecified atom stereocenters. The minimum atomic E-state index is -5.08. The van der Waals surface area contributed by atoms with Crippen LogP contribution in [0.4, 0.5) is 13.2 Å². The van der Waals surface area contributed by atoms with Gasteiger partial charge in [-0.15, -0.1) is 0 Å². The second-order valence-electron chi connectivity index (χ2n) is 6.39. The Kier molecular flexibility index (Phi) is 6.64. The summed E-state index contributed by atoms with van der Waals surface area (Å²) in [5.74, 6) is -2.56. The highest BCUT2D eigenvalue weighted by atomic mass is 32.1. The van der Waals surface area contributed by atoms with Gasteiger partial charge in [0.25, 0.3) is 0 Å². The van der Waals surface area contributed by atoms with Gasteiger partial charge in [0.1, 0.15) is 0 Å². The van der Waals surface area contributed by atoms with E-state index in [0.717, 1.165) is 26.1 Å². The smallest absolute Gasteiger partial charge is 0.475 e. The molecule has 2 aliphatic heterocycles. The third kappa shape index (κ3) is 4.95. The van der Waals surface area contributed by atoms with E-state index in [1.165, 1.54) is 5.56 Å². The van der Waals surface area contributed by atoms with Crippen molar-refractivity contribution in [2.75, 3.05) is 27.2 Å². The third-order valence-electron chi connectivity index (χ3n) is 4.37. The summed E-state index contributed by atoms with van der Waals surface area (Å²) in [6.07, 6.45) is -3.94. The van der Waals surface area contributed by atoms with E-state index in [-0.39, 0.29) is 17.9 Å². The fourth-order valence-electron chi connectivity index (χ4n) is 3.22. The Morgan fingerprint density at radius 3 is 2.58 bits per heavy atom. The van der Waals surface area contributed by atoms with Gasteiger partial charge in [0, 0.05) is 39.8 Å². The number of rotatable bonds is 3. The van der Waals surface area contributed by atoms with E-state index in [1.54, 1.807) is 16.2 Å². The lowest BCUT2D eigenvalue weighted by atomic mass is 10.0. The van der Waals surface area contributed by atoms with Crippen molar-refractivity contribution in [3.8, 4) is 0 Å². The highest BCUT2D eigenvalue weighted by Crippen LogP contribution is 2.35. The maximum Gasteiger partial charge on any atom is 0.490 e. The number of halogens is 3. The molecule has 10 heteroatoms. The molecular formula is C16H21F3N2O4S. The highest BCUT2D eigenvalue weighted by Gasteiger charge is 2.48. The van der Waals surface area contributed by atoms with Gasteiger partial charge >= 0.3 is 12.1 Å². The first-order valence-electron chi connectivity index (χ1n) is 7.99. The number of nitrogens with zero attached hydrogens (tertiary/aromatic N) is 2. The van der Waals surface area contributed by atoms with Crippen LogP contribution in [0.1, 0.15) is 12.0 Å². The zero-order chi connectivity index (χ0) is 19.5. The minimum Gasteiger partial charge on any atom is -0.475 e. The summed E-state index contributed by atoms with van der Waals surface area (Å²) in [5, 5.41) is 11.4. The minimum absolute atomic E-state index is 0.00105. The molecule has 2 fully saturated rings. The Balaban J connectivity index is 0.000000298. The Morgan fingerprint density at radius 2 is 2.08 bits per heavy atom. The number of thiophene rings is 1. The zero-order valence-electron chi connectivity index (χ0n) is 14.4. The largest absolute Gasteiger partial charge is 0.490 e. The van der Waals surface area contributed by atoms with Crippen molar-refractivity contribution in [3.63, 3.8) is 0 Å². The number of hydrogen-bond acceptors (Lipinski definition) is 5. The van der Waals surface area contributed by atoms with Gasteiger partial charge in [-0.2, -0.15) is 24.5 Å². The maximum absolute atomic E-state index is 12.3. The number of carboxylic acids is 1. The molecule has 146 valence electrons. The Bertz CT molecular complexity index is 622.